The molecule has 7 nitrogen and oxygen atoms in total. The second-order valence-corrected chi connectivity index (χ2v) is 8.14. The van der Waals surface area contributed by atoms with Gasteiger partial charge in [-0.15, -0.1) is 0 Å². The average molecular weight is 423 g/mol. The number of carbonyl (C=O) groups is 1. The van der Waals surface area contributed by atoms with Crippen LogP contribution in [0.2, 0.25) is 0 Å². The molecule has 2 aliphatic heterocycles. The predicted octanol–water partition coefficient (Wildman–Crippen LogP) is 3.44. The quantitative estimate of drug-likeness (QED) is 0.601. The number of rotatable bonds is 4. The minimum absolute atomic E-state index is 0.0784. The van der Waals surface area contributed by atoms with Gasteiger partial charge in [-0.05, 0) is 30.1 Å². The van der Waals surface area contributed by atoms with E-state index in [-0.39, 0.29) is 5.91 Å². The molecule has 2 aliphatic rings. The van der Waals surface area contributed by atoms with E-state index in [2.05, 4.69) is 12.1 Å². The highest BCUT2D eigenvalue weighted by atomic mass is 32.2. The molecule has 1 saturated heterocycles. The topological polar surface area (TPSA) is 59.8 Å². The Morgan fingerprint density at radius 2 is 1.83 bits per heavy atom. The molecule has 0 N–H and O–H groups in total. The predicted molar refractivity (Wildman–Crippen MR) is 116 cm³/mol. The molecule has 2 aromatic carbocycles. The lowest BCUT2D eigenvalue weighted by atomic mass is 10.1. The first-order valence-corrected chi connectivity index (χ1v) is 10.6. The van der Waals surface area contributed by atoms with Crippen molar-refractivity contribution in [3.8, 4) is 16.9 Å². The summed E-state index contributed by atoms with van der Waals surface area (Å²) < 4.78 is 14.8. The maximum absolute atomic E-state index is 13.5. The molecule has 0 saturated carbocycles. The van der Waals surface area contributed by atoms with Gasteiger partial charge in [-0.2, -0.15) is 5.10 Å². The van der Waals surface area contributed by atoms with Crippen molar-refractivity contribution in [2.75, 3.05) is 44.4 Å². The van der Waals surface area contributed by atoms with Crippen molar-refractivity contribution in [1.29, 1.82) is 0 Å². The Labute approximate surface area is 179 Å². The number of ether oxygens (including phenoxy) is 2. The maximum atomic E-state index is 13.5. The van der Waals surface area contributed by atoms with Crippen LogP contribution in [0.15, 0.2) is 59.5 Å². The van der Waals surface area contributed by atoms with Gasteiger partial charge in [-0.25, -0.2) is 4.68 Å². The Kier molecular flexibility index (Phi) is 5.20. The van der Waals surface area contributed by atoms with E-state index in [0.29, 0.717) is 38.7 Å². The molecule has 3 heterocycles. The molecule has 0 bridgehead atoms. The second kappa shape index (κ2) is 8.14. The Bertz CT molecular complexity index is 1060. The fourth-order valence-electron chi connectivity index (χ4n) is 3.82. The van der Waals surface area contributed by atoms with Crippen LogP contribution in [0.3, 0.4) is 0 Å². The van der Waals surface area contributed by atoms with Crippen molar-refractivity contribution in [3.05, 3.63) is 60.3 Å². The zero-order valence-corrected chi connectivity index (χ0v) is 17.5. The summed E-state index contributed by atoms with van der Waals surface area (Å²) in [4.78, 5) is 16.4. The van der Waals surface area contributed by atoms with E-state index in [0.717, 1.165) is 27.5 Å². The maximum Gasteiger partial charge on any atom is 0.276 e. The highest BCUT2D eigenvalue weighted by Crippen LogP contribution is 2.48. The monoisotopic (exact) mass is 422 g/mol. The van der Waals surface area contributed by atoms with Crippen LogP contribution in [-0.4, -0.2) is 60.7 Å². The number of nitrogens with zero attached hydrogens (tertiary/aromatic N) is 4. The number of benzene rings is 2. The van der Waals surface area contributed by atoms with E-state index in [1.54, 1.807) is 19.1 Å². The van der Waals surface area contributed by atoms with Gasteiger partial charge < -0.3 is 14.4 Å². The van der Waals surface area contributed by atoms with Gasteiger partial charge >= 0.3 is 0 Å². The number of methoxy groups -OCH3 is 1. The Morgan fingerprint density at radius 1 is 1.10 bits per heavy atom. The Morgan fingerprint density at radius 3 is 2.60 bits per heavy atom. The smallest absolute Gasteiger partial charge is 0.276 e. The molecule has 1 aromatic heterocycles. The molecule has 5 rings (SSSR count). The summed E-state index contributed by atoms with van der Waals surface area (Å²) in [6.45, 7) is 2.58. The third kappa shape index (κ3) is 3.27. The molecule has 1 amide bonds. The standard InChI is InChI=1S/C22H22N4O3S/c1-28-15-25-21-19(22(27)24-11-13-29-14-12-24)23-26(16-7-3-2-4-8-16)20(21)17-9-5-6-10-18(17)30-25/h2-10H,11-15H2,1H3. The summed E-state index contributed by atoms with van der Waals surface area (Å²) in [5.74, 6) is -0.0784. The zero-order chi connectivity index (χ0) is 20.5. The summed E-state index contributed by atoms with van der Waals surface area (Å²) in [7, 11) is 1.66. The molecule has 0 radical (unpaired) electrons. The first kappa shape index (κ1) is 19.2. The fraction of sp³-hybridized carbons (Fsp3) is 0.273. The van der Waals surface area contributed by atoms with Gasteiger partial charge in [0.25, 0.3) is 5.91 Å². The van der Waals surface area contributed by atoms with Crippen molar-refractivity contribution in [3.63, 3.8) is 0 Å². The van der Waals surface area contributed by atoms with Gasteiger partial charge in [0.05, 0.1) is 18.9 Å². The number of hydrogen-bond acceptors (Lipinski definition) is 6. The van der Waals surface area contributed by atoms with Crippen molar-refractivity contribution in [2.24, 2.45) is 0 Å². The molecular weight excluding hydrogens is 400 g/mol. The van der Waals surface area contributed by atoms with Crippen LogP contribution in [0.1, 0.15) is 10.5 Å². The molecule has 154 valence electrons. The van der Waals surface area contributed by atoms with Crippen LogP contribution in [-0.2, 0) is 9.47 Å². The van der Waals surface area contributed by atoms with Gasteiger partial charge in [0.2, 0.25) is 0 Å². The van der Waals surface area contributed by atoms with E-state index in [1.165, 1.54) is 0 Å². The number of anilines is 1. The van der Waals surface area contributed by atoms with Gasteiger partial charge in [0.1, 0.15) is 18.1 Å². The van der Waals surface area contributed by atoms with E-state index in [9.17, 15) is 4.79 Å². The summed E-state index contributed by atoms with van der Waals surface area (Å²) in [5, 5.41) is 4.84. The molecule has 3 aromatic rings. The highest BCUT2D eigenvalue weighted by Gasteiger charge is 2.36. The molecule has 0 unspecified atom stereocenters. The number of aromatic nitrogens is 2. The van der Waals surface area contributed by atoms with E-state index in [1.807, 2.05) is 56.4 Å². The number of para-hydroxylation sites is 1. The normalized spacial score (nSPS) is 15.6. The number of fused-ring (bicyclic) bond motifs is 3. The summed E-state index contributed by atoms with van der Waals surface area (Å²) in [6, 6.07) is 18.1. The van der Waals surface area contributed by atoms with Gasteiger partial charge in [-0.1, -0.05) is 36.4 Å². The molecular formula is C22H22N4O3S. The molecule has 0 aliphatic carbocycles. The zero-order valence-electron chi connectivity index (χ0n) is 16.7. The summed E-state index contributed by atoms with van der Waals surface area (Å²) in [5.41, 5.74) is 4.11. The molecule has 1 fully saturated rings. The van der Waals surface area contributed by atoms with Crippen LogP contribution < -0.4 is 4.31 Å². The number of hydrogen-bond donors (Lipinski definition) is 0. The molecule has 8 heteroatoms. The van der Waals surface area contributed by atoms with E-state index in [4.69, 9.17) is 14.6 Å². The van der Waals surface area contributed by atoms with Crippen LogP contribution in [0, 0.1) is 0 Å². The van der Waals surface area contributed by atoms with Gasteiger partial charge in [0, 0.05) is 30.7 Å². The summed E-state index contributed by atoms with van der Waals surface area (Å²) >= 11 is 1.57. The van der Waals surface area contributed by atoms with Crippen molar-refractivity contribution >= 4 is 23.5 Å². The van der Waals surface area contributed by atoms with Crippen molar-refractivity contribution < 1.29 is 14.3 Å². The van der Waals surface area contributed by atoms with Gasteiger partial charge in [-0.3, -0.25) is 9.10 Å². The number of morpholine rings is 1. The number of amides is 1. The van der Waals surface area contributed by atoms with Crippen LogP contribution in [0.25, 0.3) is 16.9 Å². The van der Waals surface area contributed by atoms with Gasteiger partial charge in [0.15, 0.2) is 5.69 Å². The average Bonchev–Trinajstić information content (AvgIpc) is 3.21. The lowest BCUT2D eigenvalue weighted by molar-refractivity contribution is 0.0299. The minimum Gasteiger partial charge on any atom is -0.378 e. The van der Waals surface area contributed by atoms with E-state index >= 15 is 0 Å². The molecule has 30 heavy (non-hydrogen) atoms. The van der Waals surface area contributed by atoms with Crippen LogP contribution >= 0.6 is 11.9 Å². The third-order valence-electron chi connectivity index (χ3n) is 5.21. The highest BCUT2D eigenvalue weighted by molar-refractivity contribution is 8.01. The Hall–Kier alpha value is -2.81. The van der Waals surface area contributed by atoms with Crippen molar-refractivity contribution in [1.82, 2.24) is 14.7 Å². The SMILES string of the molecule is COCN1Sc2ccccc2-c2c1c(C(=O)N1CCOCC1)nn2-c1ccccc1. The number of carbonyl (C=O) groups excluding carboxylic acids is 1. The van der Waals surface area contributed by atoms with E-state index < -0.39 is 0 Å². The second-order valence-electron chi connectivity index (χ2n) is 7.08. The Balaban J connectivity index is 1.73. The first-order chi connectivity index (χ1) is 14.8. The molecule has 0 atom stereocenters. The lowest BCUT2D eigenvalue weighted by Gasteiger charge is -2.30. The largest absolute Gasteiger partial charge is 0.378 e. The minimum atomic E-state index is -0.0784. The fourth-order valence-corrected chi connectivity index (χ4v) is 4.88. The molecule has 0 spiro atoms. The first-order valence-electron chi connectivity index (χ1n) is 9.87. The van der Waals surface area contributed by atoms with Crippen LogP contribution in [0.4, 0.5) is 5.69 Å². The van der Waals surface area contributed by atoms with Crippen molar-refractivity contribution in [2.45, 2.75) is 4.90 Å². The third-order valence-corrected chi connectivity index (χ3v) is 6.27. The van der Waals surface area contributed by atoms with Crippen LogP contribution in [0.5, 0.6) is 0 Å². The summed E-state index contributed by atoms with van der Waals surface area (Å²) in [6.07, 6.45) is 0. The lowest BCUT2D eigenvalue weighted by Crippen LogP contribution is -2.41.